The Morgan fingerprint density at radius 2 is 2.28 bits per heavy atom. The predicted molar refractivity (Wildman–Crippen MR) is 76.4 cm³/mol. The van der Waals surface area contributed by atoms with Gasteiger partial charge in [0.15, 0.2) is 0 Å². The third-order valence-corrected chi connectivity index (χ3v) is 4.88. The molecule has 0 radical (unpaired) electrons. The molecule has 3 nitrogen and oxygen atoms in total. The van der Waals surface area contributed by atoms with Gasteiger partial charge in [0.05, 0.1) is 12.5 Å². The molecule has 1 amide bonds. The van der Waals surface area contributed by atoms with E-state index in [9.17, 15) is 4.79 Å². The van der Waals surface area contributed by atoms with E-state index in [0.29, 0.717) is 19.4 Å². The molecule has 0 saturated heterocycles. The molecule has 4 heteroatoms. The minimum absolute atomic E-state index is 0.168. The highest BCUT2D eigenvalue weighted by Crippen LogP contribution is 2.32. The van der Waals surface area contributed by atoms with Gasteiger partial charge < -0.3 is 4.90 Å². The average molecular weight is 268 g/mol. The summed E-state index contributed by atoms with van der Waals surface area (Å²) in [5.74, 6) is 1.94. The molecule has 2 unspecified atom stereocenters. The summed E-state index contributed by atoms with van der Waals surface area (Å²) in [7, 11) is 1.78. The summed E-state index contributed by atoms with van der Waals surface area (Å²) in [6, 6.07) is 2.07. The summed E-state index contributed by atoms with van der Waals surface area (Å²) in [4.78, 5) is 13.4. The first kappa shape index (κ1) is 15.4. The zero-order chi connectivity index (χ0) is 13.4. The van der Waals surface area contributed by atoms with Crippen LogP contribution in [0.25, 0.3) is 0 Å². The summed E-state index contributed by atoms with van der Waals surface area (Å²) in [5, 5.41) is 9.23. The molecule has 18 heavy (non-hydrogen) atoms. The first-order valence-electron chi connectivity index (χ1n) is 6.86. The van der Waals surface area contributed by atoms with Gasteiger partial charge in [0.1, 0.15) is 0 Å². The first-order valence-corrected chi connectivity index (χ1v) is 7.91. The zero-order valence-corrected chi connectivity index (χ0v) is 12.3. The Labute approximate surface area is 115 Å². The minimum atomic E-state index is 0.168. The van der Waals surface area contributed by atoms with Crippen LogP contribution in [0.15, 0.2) is 0 Å². The van der Waals surface area contributed by atoms with Crippen LogP contribution in [0, 0.1) is 17.2 Å². The van der Waals surface area contributed by atoms with Gasteiger partial charge in [-0.05, 0) is 18.8 Å². The molecule has 0 spiro atoms. The number of carbonyl (C=O) groups is 1. The van der Waals surface area contributed by atoms with Crippen LogP contribution in [0.4, 0.5) is 0 Å². The van der Waals surface area contributed by atoms with Crippen LogP contribution in [-0.4, -0.2) is 35.4 Å². The Hall–Kier alpha value is -0.690. The Balaban J connectivity index is 2.13. The summed E-state index contributed by atoms with van der Waals surface area (Å²) in [6.07, 6.45) is 6.37. The number of rotatable bonds is 6. The van der Waals surface area contributed by atoms with Gasteiger partial charge in [-0.25, -0.2) is 0 Å². The van der Waals surface area contributed by atoms with Crippen molar-refractivity contribution in [3.05, 3.63) is 0 Å². The van der Waals surface area contributed by atoms with Crippen molar-refractivity contribution in [2.75, 3.05) is 19.3 Å². The van der Waals surface area contributed by atoms with Gasteiger partial charge in [-0.3, -0.25) is 4.79 Å². The standard InChI is InChI=1S/C14H24N2OS/c1-12-5-3-6-13(11-12)18-10-7-14(17)16(2)9-4-8-15/h12-13H,3-7,9-11H2,1-2H3. The number of carbonyl (C=O) groups excluding carboxylic acids is 1. The van der Waals surface area contributed by atoms with Crippen molar-refractivity contribution in [3.63, 3.8) is 0 Å². The molecule has 0 aromatic rings. The molecule has 1 aliphatic rings. The largest absolute Gasteiger partial charge is 0.345 e. The van der Waals surface area contributed by atoms with E-state index in [1.54, 1.807) is 11.9 Å². The minimum Gasteiger partial charge on any atom is -0.345 e. The predicted octanol–water partition coefficient (Wildman–Crippen LogP) is 3.06. The summed E-state index contributed by atoms with van der Waals surface area (Å²) in [5.41, 5.74) is 0. The molecular formula is C14H24N2OS. The van der Waals surface area contributed by atoms with E-state index in [1.807, 2.05) is 11.8 Å². The first-order chi connectivity index (χ1) is 8.63. The number of nitriles is 1. The normalized spacial score (nSPS) is 23.4. The molecule has 0 aromatic carbocycles. The van der Waals surface area contributed by atoms with Gasteiger partial charge in [0, 0.05) is 31.0 Å². The van der Waals surface area contributed by atoms with Crippen molar-refractivity contribution in [2.45, 2.75) is 50.7 Å². The van der Waals surface area contributed by atoms with Gasteiger partial charge in [0.2, 0.25) is 5.91 Å². The SMILES string of the molecule is CC1CCCC(SCCC(=O)N(C)CCC#N)C1. The van der Waals surface area contributed by atoms with Gasteiger partial charge in [-0.2, -0.15) is 17.0 Å². The van der Waals surface area contributed by atoms with E-state index >= 15 is 0 Å². The van der Waals surface area contributed by atoms with E-state index in [1.165, 1.54) is 25.7 Å². The maximum Gasteiger partial charge on any atom is 0.223 e. The van der Waals surface area contributed by atoms with E-state index in [2.05, 4.69) is 13.0 Å². The average Bonchev–Trinajstić information content (AvgIpc) is 2.35. The molecule has 2 atom stereocenters. The monoisotopic (exact) mass is 268 g/mol. The second-order valence-corrected chi connectivity index (χ2v) is 6.65. The fourth-order valence-corrected chi connectivity index (χ4v) is 3.80. The molecule has 1 aliphatic carbocycles. The van der Waals surface area contributed by atoms with E-state index < -0.39 is 0 Å². The lowest BCUT2D eigenvalue weighted by Gasteiger charge is -2.26. The van der Waals surface area contributed by atoms with Crippen molar-refractivity contribution in [1.82, 2.24) is 4.90 Å². The number of hydrogen-bond donors (Lipinski definition) is 0. The van der Waals surface area contributed by atoms with Crippen molar-refractivity contribution < 1.29 is 4.79 Å². The summed E-state index contributed by atoms with van der Waals surface area (Å²) >= 11 is 1.96. The lowest BCUT2D eigenvalue weighted by molar-refractivity contribution is -0.129. The highest BCUT2D eigenvalue weighted by atomic mass is 32.2. The fraction of sp³-hybridized carbons (Fsp3) is 0.857. The molecule has 0 aromatic heterocycles. The van der Waals surface area contributed by atoms with Crippen LogP contribution >= 0.6 is 11.8 Å². The van der Waals surface area contributed by atoms with Crippen molar-refractivity contribution in [2.24, 2.45) is 5.92 Å². The van der Waals surface area contributed by atoms with Crippen molar-refractivity contribution in [1.29, 1.82) is 5.26 Å². The van der Waals surface area contributed by atoms with Crippen LogP contribution in [-0.2, 0) is 4.79 Å². The lowest BCUT2D eigenvalue weighted by atomic mass is 9.91. The lowest BCUT2D eigenvalue weighted by Crippen LogP contribution is -2.28. The third kappa shape index (κ3) is 5.77. The van der Waals surface area contributed by atoms with Gasteiger partial charge in [-0.15, -0.1) is 0 Å². The maximum absolute atomic E-state index is 11.8. The second kappa shape index (κ2) is 8.42. The van der Waals surface area contributed by atoms with Crippen molar-refractivity contribution >= 4 is 17.7 Å². The van der Waals surface area contributed by atoms with Crippen LogP contribution < -0.4 is 0 Å². The highest BCUT2D eigenvalue weighted by Gasteiger charge is 2.19. The van der Waals surface area contributed by atoms with Crippen LogP contribution in [0.5, 0.6) is 0 Å². The van der Waals surface area contributed by atoms with Crippen molar-refractivity contribution in [3.8, 4) is 6.07 Å². The smallest absolute Gasteiger partial charge is 0.223 e. The zero-order valence-electron chi connectivity index (χ0n) is 11.5. The van der Waals surface area contributed by atoms with E-state index in [-0.39, 0.29) is 5.91 Å². The number of nitrogens with zero attached hydrogens (tertiary/aromatic N) is 2. The molecule has 102 valence electrons. The van der Waals surface area contributed by atoms with Crippen LogP contribution in [0.2, 0.25) is 0 Å². The van der Waals surface area contributed by atoms with Crippen LogP contribution in [0.1, 0.15) is 45.4 Å². The molecule has 0 aliphatic heterocycles. The second-order valence-electron chi connectivity index (χ2n) is 5.24. The molecule has 0 heterocycles. The third-order valence-electron chi connectivity index (χ3n) is 3.54. The Morgan fingerprint density at radius 3 is 2.94 bits per heavy atom. The van der Waals surface area contributed by atoms with Gasteiger partial charge in [-0.1, -0.05) is 19.8 Å². The van der Waals surface area contributed by atoms with Gasteiger partial charge in [0.25, 0.3) is 0 Å². The summed E-state index contributed by atoms with van der Waals surface area (Å²) in [6.45, 7) is 2.88. The van der Waals surface area contributed by atoms with Crippen LogP contribution in [0.3, 0.4) is 0 Å². The van der Waals surface area contributed by atoms with E-state index in [4.69, 9.17) is 5.26 Å². The summed E-state index contributed by atoms with van der Waals surface area (Å²) < 4.78 is 0. The fourth-order valence-electron chi connectivity index (χ4n) is 2.38. The molecule has 1 fully saturated rings. The van der Waals surface area contributed by atoms with E-state index in [0.717, 1.165) is 16.9 Å². The number of thioether (sulfide) groups is 1. The Kier molecular flexibility index (Phi) is 7.19. The number of hydrogen-bond acceptors (Lipinski definition) is 3. The molecule has 1 rings (SSSR count). The molecule has 0 bridgehead atoms. The Bertz CT molecular complexity index is 301. The molecule has 0 N–H and O–H groups in total. The topological polar surface area (TPSA) is 44.1 Å². The highest BCUT2D eigenvalue weighted by molar-refractivity contribution is 7.99. The van der Waals surface area contributed by atoms with Gasteiger partial charge >= 0.3 is 0 Å². The molecular weight excluding hydrogens is 244 g/mol. The molecule has 1 saturated carbocycles. The Morgan fingerprint density at radius 1 is 1.50 bits per heavy atom. The quantitative estimate of drug-likeness (QED) is 0.743. The number of amides is 1. The maximum atomic E-state index is 11.8.